The van der Waals surface area contributed by atoms with Gasteiger partial charge in [-0.2, -0.15) is 11.8 Å². The molecule has 16 heavy (non-hydrogen) atoms. The van der Waals surface area contributed by atoms with E-state index < -0.39 is 5.97 Å². The molecular formula is C10H15N3O2S. The van der Waals surface area contributed by atoms with Crippen LogP contribution in [0.3, 0.4) is 0 Å². The molecule has 0 aliphatic carbocycles. The minimum Gasteiger partial charge on any atom is -0.478 e. The monoisotopic (exact) mass is 241 g/mol. The molecule has 88 valence electrons. The quantitative estimate of drug-likeness (QED) is 0.724. The minimum atomic E-state index is -1.02. The highest BCUT2D eigenvalue weighted by molar-refractivity contribution is 7.99. The van der Waals surface area contributed by atoms with Crippen molar-refractivity contribution in [1.29, 1.82) is 0 Å². The number of nitrogens with zero attached hydrogens (tertiary/aromatic N) is 1. The van der Waals surface area contributed by atoms with Gasteiger partial charge in [0.25, 0.3) is 0 Å². The van der Waals surface area contributed by atoms with Crippen molar-refractivity contribution in [2.75, 3.05) is 23.9 Å². The van der Waals surface area contributed by atoms with Crippen LogP contribution in [0.2, 0.25) is 0 Å². The van der Waals surface area contributed by atoms with Crippen LogP contribution in [0, 0.1) is 0 Å². The van der Waals surface area contributed by atoms with Crippen LogP contribution in [0.4, 0.5) is 11.5 Å². The van der Waals surface area contributed by atoms with E-state index in [4.69, 9.17) is 10.8 Å². The Morgan fingerprint density at radius 3 is 2.94 bits per heavy atom. The summed E-state index contributed by atoms with van der Waals surface area (Å²) in [5.41, 5.74) is 6.14. The van der Waals surface area contributed by atoms with E-state index in [9.17, 15) is 4.79 Å². The maximum atomic E-state index is 10.7. The molecule has 1 atom stereocenters. The number of nitrogens with two attached hydrogens (primary N) is 1. The number of carboxylic acids is 1. The Hall–Kier alpha value is -1.43. The Kier molecular flexibility index (Phi) is 4.42. The standard InChI is InChI=1S/C10H15N3O2S/c1-6(16-2)4-12-9-8(11)3-7(5-13-9)10(14)15/h3,5-6H,4,11H2,1-2H3,(H,12,13)(H,14,15). The van der Waals surface area contributed by atoms with Crippen LogP contribution < -0.4 is 11.1 Å². The molecule has 5 nitrogen and oxygen atoms in total. The first-order valence-corrected chi connectivity index (χ1v) is 6.09. The molecule has 0 amide bonds. The second kappa shape index (κ2) is 5.60. The molecular weight excluding hydrogens is 226 g/mol. The highest BCUT2D eigenvalue weighted by atomic mass is 32.2. The van der Waals surface area contributed by atoms with Gasteiger partial charge in [0, 0.05) is 18.0 Å². The predicted octanol–water partition coefficient (Wildman–Crippen LogP) is 1.53. The largest absolute Gasteiger partial charge is 0.478 e. The van der Waals surface area contributed by atoms with E-state index in [0.717, 1.165) is 6.54 Å². The summed E-state index contributed by atoms with van der Waals surface area (Å²) in [5, 5.41) is 12.3. The maximum absolute atomic E-state index is 10.7. The van der Waals surface area contributed by atoms with E-state index >= 15 is 0 Å². The van der Waals surface area contributed by atoms with E-state index in [0.29, 0.717) is 16.8 Å². The first kappa shape index (κ1) is 12.6. The predicted molar refractivity (Wildman–Crippen MR) is 67.1 cm³/mol. The Balaban J connectivity index is 2.72. The van der Waals surface area contributed by atoms with Gasteiger partial charge in [-0.3, -0.25) is 0 Å². The highest BCUT2D eigenvalue weighted by Gasteiger charge is 2.08. The van der Waals surface area contributed by atoms with Gasteiger partial charge in [-0.25, -0.2) is 9.78 Å². The molecule has 0 aromatic carbocycles. The Morgan fingerprint density at radius 1 is 1.75 bits per heavy atom. The number of carbonyl (C=O) groups is 1. The van der Waals surface area contributed by atoms with Crippen molar-refractivity contribution in [3.8, 4) is 0 Å². The number of pyridine rings is 1. The van der Waals surface area contributed by atoms with E-state index in [-0.39, 0.29) is 5.56 Å². The number of hydrogen-bond acceptors (Lipinski definition) is 5. The number of aromatic nitrogens is 1. The molecule has 0 spiro atoms. The van der Waals surface area contributed by atoms with E-state index in [2.05, 4.69) is 17.2 Å². The lowest BCUT2D eigenvalue weighted by Crippen LogP contribution is -2.15. The van der Waals surface area contributed by atoms with Gasteiger partial charge in [-0.1, -0.05) is 6.92 Å². The molecule has 4 N–H and O–H groups in total. The fourth-order valence-corrected chi connectivity index (χ4v) is 1.32. The smallest absolute Gasteiger partial charge is 0.337 e. The summed E-state index contributed by atoms with van der Waals surface area (Å²) in [7, 11) is 0. The Labute approximate surface area is 98.4 Å². The Morgan fingerprint density at radius 2 is 2.44 bits per heavy atom. The van der Waals surface area contributed by atoms with E-state index in [1.165, 1.54) is 12.3 Å². The lowest BCUT2D eigenvalue weighted by atomic mass is 10.2. The summed E-state index contributed by atoms with van der Waals surface area (Å²) >= 11 is 1.73. The molecule has 0 aliphatic rings. The SMILES string of the molecule is CSC(C)CNc1ncc(C(=O)O)cc1N. The number of thioether (sulfide) groups is 1. The zero-order valence-corrected chi connectivity index (χ0v) is 10.0. The minimum absolute atomic E-state index is 0.0981. The van der Waals surface area contributed by atoms with Crippen molar-refractivity contribution in [2.45, 2.75) is 12.2 Å². The van der Waals surface area contributed by atoms with Gasteiger partial charge in [-0.05, 0) is 12.3 Å². The molecule has 0 fully saturated rings. The molecule has 0 aliphatic heterocycles. The fourth-order valence-electron chi connectivity index (χ4n) is 1.07. The Bertz CT molecular complexity index is 384. The first-order valence-electron chi connectivity index (χ1n) is 4.80. The van der Waals surface area contributed by atoms with Crippen LogP contribution in [0.25, 0.3) is 0 Å². The summed E-state index contributed by atoms with van der Waals surface area (Å²) in [5.74, 6) is -0.492. The van der Waals surface area contributed by atoms with Crippen molar-refractivity contribution in [2.24, 2.45) is 0 Å². The van der Waals surface area contributed by atoms with Gasteiger partial charge in [0.15, 0.2) is 0 Å². The van der Waals surface area contributed by atoms with Crippen LogP contribution in [-0.2, 0) is 0 Å². The number of nitrogens with one attached hydrogen (secondary N) is 1. The van der Waals surface area contributed by atoms with Gasteiger partial charge in [-0.15, -0.1) is 0 Å². The van der Waals surface area contributed by atoms with Crippen molar-refractivity contribution in [1.82, 2.24) is 4.98 Å². The molecule has 1 unspecified atom stereocenters. The molecule has 1 rings (SSSR count). The summed E-state index contributed by atoms with van der Waals surface area (Å²) in [6.07, 6.45) is 3.32. The van der Waals surface area contributed by atoms with Crippen molar-refractivity contribution in [3.05, 3.63) is 17.8 Å². The molecule has 0 saturated carbocycles. The lowest BCUT2D eigenvalue weighted by molar-refractivity contribution is 0.0696. The topological polar surface area (TPSA) is 88.2 Å². The second-order valence-corrected chi connectivity index (χ2v) is 4.67. The zero-order valence-electron chi connectivity index (χ0n) is 9.23. The van der Waals surface area contributed by atoms with Gasteiger partial charge < -0.3 is 16.2 Å². The molecule has 0 radical (unpaired) electrons. The zero-order chi connectivity index (χ0) is 12.1. The summed E-state index contributed by atoms with van der Waals surface area (Å²) < 4.78 is 0. The van der Waals surface area contributed by atoms with Crippen LogP contribution in [0.1, 0.15) is 17.3 Å². The molecule has 0 bridgehead atoms. The lowest BCUT2D eigenvalue weighted by Gasteiger charge is -2.12. The van der Waals surface area contributed by atoms with Gasteiger partial charge >= 0.3 is 5.97 Å². The van der Waals surface area contributed by atoms with Crippen LogP contribution >= 0.6 is 11.8 Å². The third kappa shape index (κ3) is 3.30. The molecule has 0 saturated heterocycles. The summed E-state index contributed by atoms with van der Waals surface area (Å²) in [4.78, 5) is 14.6. The average molecular weight is 241 g/mol. The average Bonchev–Trinajstić information content (AvgIpc) is 2.26. The highest BCUT2D eigenvalue weighted by Crippen LogP contribution is 2.17. The number of rotatable bonds is 5. The van der Waals surface area contributed by atoms with Gasteiger partial charge in [0.05, 0.1) is 11.3 Å². The number of nitrogen functional groups attached to an aromatic ring is 1. The molecule has 1 aromatic rings. The number of anilines is 2. The van der Waals surface area contributed by atoms with Gasteiger partial charge in [0.2, 0.25) is 0 Å². The summed E-state index contributed by atoms with van der Waals surface area (Å²) in [6, 6.07) is 1.40. The van der Waals surface area contributed by atoms with Gasteiger partial charge in [0.1, 0.15) is 5.82 Å². The van der Waals surface area contributed by atoms with Crippen LogP contribution in [0.15, 0.2) is 12.3 Å². The normalized spacial score (nSPS) is 12.1. The summed E-state index contributed by atoms with van der Waals surface area (Å²) in [6.45, 7) is 2.82. The third-order valence-corrected chi connectivity index (χ3v) is 3.09. The van der Waals surface area contributed by atoms with Crippen molar-refractivity contribution in [3.63, 3.8) is 0 Å². The number of aromatic carboxylic acids is 1. The van der Waals surface area contributed by atoms with Crippen LogP contribution in [0.5, 0.6) is 0 Å². The number of hydrogen-bond donors (Lipinski definition) is 3. The molecule has 1 aromatic heterocycles. The molecule has 6 heteroatoms. The maximum Gasteiger partial charge on any atom is 0.337 e. The van der Waals surface area contributed by atoms with Crippen LogP contribution in [-0.4, -0.2) is 34.1 Å². The van der Waals surface area contributed by atoms with E-state index in [1.807, 2.05) is 6.26 Å². The number of carboxylic acid groups (broad SMARTS) is 1. The first-order chi connectivity index (χ1) is 7.54. The molecule has 1 heterocycles. The second-order valence-electron chi connectivity index (χ2n) is 3.39. The fraction of sp³-hybridized carbons (Fsp3) is 0.400. The third-order valence-electron chi connectivity index (χ3n) is 2.12. The van der Waals surface area contributed by atoms with Crippen molar-refractivity contribution < 1.29 is 9.90 Å². The van der Waals surface area contributed by atoms with Crippen molar-refractivity contribution >= 4 is 29.2 Å². The van der Waals surface area contributed by atoms with E-state index in [1.54, 1.807) is 11.8 Å².